The van der Waals surface area contributed by atoms with Gasteiger partial charge in [-0.05, 0) is 74.8 Å². The van der Waals surface area contributed by atoms with Crippen LogP contribution in [0.3, 0.4) is 0 Å². The summed E-state index contributed by atoms with van der Waals surface area (Å²) in [6, 6.07) is -1.72. The zero-order valence-corrected chi connectivity index (χ0v) is 27.1. The van der Waals surface area contributed by atoms with Crippen molar-refractivity contribution in [2.45, 2.75) is 100 Å². The zero-order valence-electron chi connectivity index (χ0n) is 23.8. The molecule has 4 aliphatic rings. The summed E-state index contributed by atoms with van der Waals surface area (Å²) >= 11 is 0. The van der Waals surface area contributed by atoms with E-state index in [4.69, 9.17) is 20.4 Å². The minimum absolute atomic E-state index is 0. The number of nitrogens with zero attached hydrogens (tertiary/aromatic N) is 4. The predicted octanol–water partition coefficient (Wildman–Crippen LogP) is 0.0506. The Balaban J connectivity index is 0. The Kier molecular flexibility index (Phi) is 23.7. The molecule has 0 amide bonds. The molecule has 4 fully saturated rings. The molecule has 42 heavy (non-hydrogen) atoms. The van der Waals surface area contributed by atoms with Gasteiger partial charge in [0.2, 0.25) is 0 Å². The van der Waals surface area contributed by atoms with Gasteiger partial charge in [-0.1, -0.05) is 25.7 Å². The molecule has 18 heteroatoms. The van der Waals surface area contributed by atoms with Crippen molar-refractivity contribution in [3.05, 3.63) is 21.3 Å². The standard InChI is InChI=1S/4C6H10NO3.2Rh/c4*1-10-6(9)4-2-3-5(8)7-4;;/h4*4-5,8H,2-3H2,1H3;;/q4*-1;2*+2/t2*4-,5?;2*4-,5-;;/m0000../s1. The quantitative estimate of drug-likeness (QED) is 0.168. The first-order valence-electron chi connectivity index (χ1n) is 12.8. The molecule has 0 bridgehead atoms. The third kappa shape index (κ3) is 16.0. The fraction of sp³-hybridized carbons (Fsp3) is 0.833. The Morgan fingerprint density at radius 2 is 0.595 bits per heavy atom. The van der Waals surface area contributed by atoms with Crippen LogP contribution in [0.2, 0.25) is 0 Å². The second-order valence-electron chi connectivity index (χ2n) is 8.98. The molecule has 0 aromatic rings. The number of aliphatic hydroxyl groups is 4. The van der Waals surface area contributed by atoms with Crippen molar-refractivity contribution in [1.82, 2.24) is 0 Å². The third-order valence-electron chi connectivity index (χ3n) is 6.09. The van der Waals surface area contributed by atoms with Gasteiger partial charge in [-0.15, -0.1) is 0 Å². The summed E-state index contributed by atoms with van der Waals surface area (Å²) in [5, 5.41) is 50.4. The molecule has 4 saturated heterocycles. The van der Waals surface area contributed by atoms with E-state index in [-0.39, 0.29) is 62.8 Å². The van der Waals surface area contributed by atoms with Crippen LogP contribution in [0.5, 0.6) is 0 Å². The average Bonchev–Trinajstić information content (AvgIpc) is 3.77. The Morgan fingerprint density at radius 3 is 0.690 bits per heavy atom. The Morgan fingerprint density at radius 1 is 0.429 bits per heavy atom. The van der Waals surface area contributed by atoms with Gasteiger partial charge in [-0.3, -0.25) is 19.2 Å². The molecular formula is C24H40N4O12Rh2. The second kappa shape index (κ2) is 23.2. The Hall–Kier alpha value is -1.19. The zero-order chi connectivity index (χ0) is 30.2. The van der Waals surface area contributed by atoms with Crippen LogP contribution < -0.4 is 0 Å². The van der Waals surface area contributed by atoms with Gasteiger partial charge in [0.05, 0.1) is 28.4 Å². The molecule has 0 aromatic heterocycles. The number of hydrogen-bond donors (Lipinski definition) is 4. The number of carbonyl (C=O) groups excluding carboxylic acids is 4. The fourth-order valence-corrected chi connectivity index (χ4v) is 3.91. The van der Waals surface area contributed by atoms with Crippen LogP contribution in [0.1, 0.15) is 51.4 Å². The summed E-state index contributed by atoms with van der Waals surface area (Å²) in [5.41, 5.74) is 0. The Bertz CT molecular complexity index is 687. The number of esters is 4. The van der Waals surface area contributed by atoms with Crippen LogP contribution in [0, 0.1) is 0 Å². The van der Waals surface area contributed by atoms with E-state index in [2.05, 4.69) is 40.2 Å². The van der Waals surface area contributed by atoms with E-state index in [1.807, 2.05) is 0 Å². The van der Waals surface area contributed by atoms with Crippen LogP contribution in [0.4, 0.5) is 0 Å². The molecule has 4 rings (SSSR count). The average molecular weight is 782 g/mol. The van der Waals surface area contributed by atoms with E-state index in [1.54, 1.807) is 0 Å². The molecule has 0 saturated carbocycles. The van der Waals surface area contributed by atoms with Crippen molar-refractivity contribution < 1.29 is 97.5 Å². The number of hydrogen-bond acceptors (Lipinski definition) is 12. The summed E-state index contributed by atoms with van der Waals surface area (Å²) in [6.07, 6.45) is 2.05. The Labute approximate surface area is 270 Å². The third-order valence-corrected chi connectivity index (χ3v) is 6.09. The van der Waals surface area contributed by atoms with Crippen LogP contribution in [-0.2, 0) is 77.1 Å². The van der Waals surface area contributed by atoms with Gasteiger partial charge < -0.3 is 60.6 Å². The van der Waals surface area contributed by atoms with Gasteiger partial charge in [0, 0.05) is 0 Å². The fourth-order valence-electron chi connectivity index (χ4n) is 3.91. The van der Waals surface area contributed by atoms with Gasteiger partial charge in [-0.2, -0.15) is 0 Å². The van der Waals surface area contributed by atoms with E-state index in [0.717, 1.165) is 0 Å². The molecule has 2 unspecified atom stereocenters. The first-order chi connectivity index (χ1) is 18.9. The van der Waals surface area contributed by atoms with E-state index < -0.39 is 49.1 Å². The summed E-state index contributed by atoms with van der Waals surface area (Å²) in [5.74, 6) is -1.40. The summed E-state index contributed by atoms with van der Waals surface area (Å²) < 4.78 is 17.8. The van der Waals surface area contributed by atoms with Crippen LogP contribution in [0.25, 0.3) is 21.3 Å². The molecule has 0 aliphatic carbocycles. The van der Waals surface area contributed by atoms with E-state index >= 15 is 0 Å². The SMILES string of the molecule is COC(=O)[C@@H]1CCC(O)[N-]1.COC(=O)[C@@H]1CCC(O)[N-]1.COC(=O)[C@@H]1CC[C@H](O)[N-]1.COC(=O)[C@@H]1CC[C@H](O)[N-]1.[Rh+2].[Rh+2]. The van der Waals surface area contributed by atoms with Crippen molar-refractivity contribution in [3.8, 4) is 0 Å². The van der Waals surface area contributed by atoms with E-state index in [9.17, 15) is 19.2 Å². The van der Waals surface area contributed by atoms with E-state index in [1.165, 1.54) is 28.4 Å². The second-order valence-corrected chi connectivity index (χ2v) is 8.98. The minimum atomic E-state index is -0.663. The molecule has 2 radical (unpaired) electrons. The first kappa shape index (κ1) is 42.9. The van der Waals surface area contributed by atoms with Gasteiger partial charge in [0.15, 0.2) is 0 Å². The van der Waals surface area contributed by atoms with Crippen molar-refractivity contribution in [1.29, 1.82) is 0 Å². The summed E-state index contributed by atoms with van der Waals surface area (Å²) in [7, 11) is 5.29. The number of ether oxygens (including phenoxy) is 4. The van der Waals surface area contributed by atoms with Crippen LogP contribution in [0.15, 0.2) is 0 Å². The molecule has 0 spiro atoms. The number of aliphatic hydroxyl groups excluding tert-OH is 4. The van der Waals surface area contributed by atoms with Crippen LogP contribution >= 0.6 is 0 Å². The maximum absolute atomic E-state index is 10.7. The molecule has 246 valence electrons. The van der Waals surface area contributed by atoms with Crippen molar-refractivity contribution in [3.63, 3.8) is 0 Å². The maximum Gasteiger partial charge on any atom is 2.00 e. The van der Waals surface area contributed by atoms with Gasteiger partial charge in [-0.25, -0.2) is 0 Å². The molecular weight excluding hydrogens is 742 g/mol. The normalized spacial score (nSPS) is 30.7. The van der Waals surface area contributed by atoms with Gasteiger partial charge in [0.25, 0.3) is 23.9 Å². The van der Waals surface area contributed by atoms with Gasteiger partial charge >= 0.3 is 39.0 Å². The predicted molar refractivity (Wildman–Crippen MR) is 138 cm³/mol. The van der Waals surface area contributed by atoms with Crippen molar-refractivity contribution >= 4 is 23.9 Å². The molecule has 0 aromatic carbocycles. The number of carbonyl (C=O) groups is 4. The van der Waals surface area contributed by atoms with Gasteiger partial charge in [0.1, 0.15) is 0 Å². The smallest absolute Gasteiger partial charge is 0.625 e. The number of methoxy groups -OCH3 is 4. The minimum Gasteiger partial charge on any atom is -0.625 e. The first-order valence-corrected chi connectivity index (χ1v) is 12.8. The molecule has 16 nitrogen and oxygen atoms in total. The summed E-state index contributed by atoms with van der Waals surface area (Å²) in [4.78, 5) is 42.9. The number of rotatable bonds is 4. The van der Waals surface area contributed by atoms with Crippen LogP contribution in [-0.4, -0.2) is 122 Å². The molecule has 4 N–H and O–H groups in total. The monoisotopic (exact) mass is 782 g/mol. The largest absolute Gasteiger partial charge is 2.00 e. The van der Waals surface area contributed by atoms with Crippen molar-refractivity contribution in [2.75, 3.05) is 28.4 Å². The molecule has 4 aliphatic heterocycles. The summed E-state index contributed by atoms with van der Waals surface area (Å²) in [6.45, 7) is 0. The molecule has 4 heterocycles. The topological polar surface area (TPSA) is 243 Å². The van der Waals surface area contributed by atoms with E-state index in [0.29, 0.717) is 51.4 Å². The molecule has 8 atom stereocenters. The van der Waals surface area contributed by atoms with Crippen molar-refractivity contribution in [2.24, 2.45) is 0 Å². The maximum atomic E-state index is 10.7.